The number of nitrogens with zero attached hydrogens (tertiary/aromatic N) is 2. The highest BCUT2D eigenvalue weighted by molar-refractivity contribution is 8.18. The van der Waals surface area contributed by atoms with Gasteiger partial charge >= 0.3 is 0 Å². The van der Waals surface area contributed by atoms with Crippen molar-refractivity contribution in [2.45, 2.75) is 6.92 Å². The van der Waals surface area contributed by atoms with Gasteiger partial charge in [-0.1, -0.05) is 35.9 Å². The lowest BCUT2D eigenvalue weighted by atomic mass is 10.3. The van der Waals surface area contributed by atoms with Crippen molar-refractivity contribution >= 4 is 46.2 Å². The van der Waals surface area contributed by atoms with Crippen LogP contribution in [0.3, 0.4) is 0 Å². The minimum atomic E-state index is -0.153. The summed E-state index contributed by atoms with van der Waals surface area (Å²) in [6.45, 7) is 2.04. The molecule has 1 aromatic heterocycles. The van der Waals surface area contributed by atoms with Gasteiger partial charge in [0.05, 0.1) is 10.6 Å². The second-order valence-corrected chi connectivity index (χ2v) is 7.50. The van der Waals surface area contributed by atoms with Crippen molar-refractivity contribution in [2.24, 2.45) is 4.99 Å². The monoisotopic (exact) mass is 393 g/mol. The maximum absolute atomic E-state index is 12.4. The predicted molar refractivity (Wildman–Crippen MR) is 113 cm³/mol. The number of aryl methyl sites for hydroxylation is 1. The normalized spacial score (nSPS) is 16.9. The average molecular weight is 394 g/mol. The van der Waals surface area contributed by atoms with E-state index in [-0.39, 0.29) is 5.91 Å². The minimum absolute atomic E-state index is 0.153. The molecule has 0 saturated carbocycles. The number of amidine groups is 1. The van der Waals surface area contributed by atoms with E-state index in [2.05, 4.69) is 14.9 Å². The number of aromatic nitrogens is 1. The summed E-state index contributed by atoms with van der Waals surface area (Å²) in [6.07, 6.45) is 1.89. The summed E-state index contributed by atoms with van der Waals surface area (Å²) in [5.41, 5.74) is 3.81. The highest BCUT2D eigenvalue weighted by Gasteiger charge is 2.24. The van der Waals surface area contributed by atoms with Crippen molar-refractivity contribution in [3.05, 3.63) is 88.0 Å². The van der Waals surface area contributed by atoms with Crippen molar-refractivity contribution in [2.75, 3.05) is 0 Å². The zero-order chi connectivity index (χ0) is 18.8. The van der Waals surface area contributed by atoms with Crippen LogP contribution >= 0.6 is 23.4 Å². The van der Waals surface area contributed by atoms with Gasteiger partial charge in [0.15, 0.2) is 5.17 Å². The van der Waals surface area contributed by atoms with E-state index in [9.17, 15) is 4.79 Å². The van der Waals surface area contributed by atoms with E-state index in [0.717, 1.165) is 17.1 Å². The summed E-state index contributed by atoms with van der Waals surface area (Å²) in [5.74, 6) is -0.153. The third-order valence-corrected chi connectivity index (χ3v) is 5.23. The van der Waals surface area contributed by atoms with E-state index in [1.165, 1.54) is 11.8 Å². The number of hydrogen-bond acceptors (Lipinski definition) is 3. The number of para-hydroxylation sites is 1. The first-order valence-electron chi connectivity index (χ1n) is 8.39. The van der Waals surface area contributed by atoms with E-state index >= 15 is 0 Å². The van der Waals surface area contributed by atoms with Gasteiger partial charge in [0.25, 0.3) is 5.91 Å². The topological polar surface area (TPSA) is 46.4 Å². The minimum Gasteiger partial charge on any atom is -0.314 e. The van der Waals surface area contributed by atoms with Crippen LogP contribution in [0.5, 0.6) is 0 Å². The number of carbonyl (C=O) groups is 1. The fraction of sp³-hybridized carbons (Fsp3) is 0.0476. The summed E-state index contributed by atoms with van der Waals surface area (Å²) in [4.78, 5) is 17.4. The first-order valence-corrected chi connectivity index (χ1v) is 9.58. The molecule has 6 heteroatoms. The Morgan fingerprint density at radius 1 is 1.07 bits per heavy atom. The zero-order valence-electron chi connectivity index (χ0n) is 14.5. The van der Waals surface area contributed by atoms with Crippen LogP contribution in [0.4, 0.5) is 5.69 Å². The van der Waals surface area contributed by atoms with E-state index in [0.29, 0.717) is 20.8 Å². The molecule has 0 aliphatic carbocycles. The molecule has 27 heavy (non-hydrogen) atoms. The van der Waals surface area contributed by atoms with Crippen LogP contribution in [0.2, 0.25) is 5.02 Å². The van der Waals surface area contributed by atoms with Gasteiger partial charge in [0.1, 0.15) is 0 Å². The van der Waals surface area contributed by atoms with Crippen LogP contribution < -0.4 is 5.32 Å². The first-order chi connectivity index (χ1) is 13.1. The molecular formula is C21H16ClN3OS. The van der Waals surface area contributed by atoms with Gasteiger partial charge in [-0.2, -0.15) is 0 Å². The van der Waals surface area contributed by atoms with Gasteiger partial charge in [-0.05, 0) is 67.2 Å². The lowest BCUT2D eigenvalue weighted by Gasteiger charge is -2.09. The fourth-order valence-corrected chi connectivity index (χ4v) is 3.89. The number of benzene rings is 2. The molecule has 0 spiro atoms. The highest BCUT2D eigenvalue weighted by Crippen LogP contribution is 2.30. The Morgan fingerprint density at radius 2 is 1.89 bits per heavy atom. The molecule has 1 aliphatic rings. The first kappa shape index (κ1) is 17.6. The number of nitrogens with one attached hydrogen (secondary N) is 1. The number of rotatable bonds is 3. The van der Waals surface area contributed by atoms with E-state index in [1.807, 2.05) is 67.6 Å². The molecule has 1 aliphatic heterocycles. The Kier molecular flexibility index (Phi) is 4.88. The average Bonchev–Trinajstić information content (AvgIpc) is 3.18. The molecule has 1 N–H and O–H groups in total. The fourth-order valence-electron chi connectivity index (χ4n) is 2.88. The second kappa shape index (κ2) is 7.47. The summed E-state index contributed by atoms with van der Waals surface area (Å²) >= 11 is 7.32. The molecule has 1 amide bonds. The number of thioether (sulfide) groups is 1. The number of aliphatic imine (C=N–C) groups is 1. The van der Waals surface area contributed by atoms with Crippen LogP contribution in [-0.2, 0) is 4.79 Å². The van der Waals surface area contributed by atoms with Crippen molar-refractivity contribution in [3.8, 4) is 5.69 Å². The van der Waals surface area contributed by atoms with Crippen LogP contribution in [0.15, 0.2) is 76.6 Å². The van der Waals surface area contributed by atoms with Crippen LogP contribution in [0.1, 0.15) is 11.4 Å². The predicted octanol–water partition coefficient (Wildman–Crippen LogP) is 5.33. The second-order valence-electron chi connectivity index (χ2n) is 6.03. The molecule has 2 heterocycles. The molecule has 0 unspecified atom stereocenters. The van der Waals surface area contributed by atoms with Crippen molar-refractivity contribution in [1.29, 1.82) is 0 Å². The SMILES string of the molecule is Cc1ccc(/C=C2\SC(=Nc3cccc(Cl)c3)NC2=O)n1-c1ccccc1. The van der Waals surface area contributed by atoms with Gasteiger partial charge in [0.2, 0.25) is 0 Å². The Balaban J connectivity index is 1.65. The quantitative estimate of drug-likeness (QED) is 0.611. The molecule has 0 atom stereocenters. The lowest BCUT2D eigenvalue weighted by Crippen LogP contribution is -2.19. The Bertz CT molecular complexity index is 1070. The Morgan fingerprint density at radius 3 is 2.67 bits per heavy atom. The third-order valence-electron chi connectivity index (χ3n) is 4.09. The van der Waals surface area contributed by atoms with Gasteiger partial charge in [-0.15, -0.1) is 0 Å². The van der Waals surface area contributed by atoms with Crippen molar-refractivity contribution < 1.29 is 4.79 Å². The van der Waals surface area contributed by atoms with Gasteiger partial charge < -0.3 is 9.88 Å². The number of hydrogen-bond donors (Lipinski definition) is 1. The molecule has 1 fully saturated rings. The Labute approximate surface area is 166 Å². The number of amides is 1. The molecular weight excluding hydrogens is 378 g/mol. The van der Waals surface area contributed by atoms with Gasteiger partial charge in [-0.25, -0.2) is 4.99 Å². The van der Waals surface area contributed by atoms with Gasteiger partial charge in [-0.3, -0.25) is 4.79 Å². The Hall–Kier alpha value is -2.76. The molecule has 134 valence electrons. The number of carbonyl (C=O) groups excluding carboxylic acids is 1. The molecule has 4 rings (SSSR count). The van der Waals surface area contributed by atoms with Gasteiger partial charge in [0, 0.05) is 22.1 Å². The molecule has 0 bridgehead atoms. The van der Waals surface area contributed by atoms with Crippen molar-refractivity contribution in [1.82, 2.24) is 9.88 Å². The van der Waals surface area contributed by atoms with E-state index < -0.39 is 0 Å². The lowest BCUT2D eigenvalue weighted by molar-refractivity contribution is -0.115. The molecule has 3 aromatic rings. The molecule has 1 saturated heterocycles. The van der Waals surface area contributed by atoms with E-state index in [1.54, 1.807) is 12.1 Å². The maximum Gasteiger partial charge on any atom is 0.264 e. The van der Waals surface area contributed by atoms with Crippen LogP contribution in [0, 0.1) is 6.92 Å². The van der Waals surface area contributed by atoms with Crippen molar-refractivity contribution in [3.63, 3.8) is 0 Å². The summed E-state index contributed by atoms with van der Waals surface area (Å²) < 4.78 is 2.12. The van der Waals surface area contributed by atoms with Crippen LogP contribution in [0.25, 0.3) is 11.8 Å². The molecule has 2 aromatic carbocycles. The third kappa shape index (κ3) is 3.84. The summed E-state index contributed by atoms with van der Waals surface area (Å²) in [5, 5.41) is 3.97. The van der Waals surface area contributed by atoms with Crippen LogP contribution in [-0.4, -0.2) is 15.6 Å². The van der Waals surface area contributed by atoms with E-state index in [4.69, 9.17) is 11.6 Å². The summed E-state index contributed by atoms with van der Waals surface area (Å²) in [6, 6.07) is 21.3. The standard InChI is InChI=1S/C21H16ClN3OS/c1-14-10-11-18(25(14)17-8-3-2-4-9-17)13-19-20(26)24-21(27-19)23-16-7-5-6-15(22)12-16/h2-13H,1H3,(H,23,24,26)/b19-13-. The molecule has 4 nitrogen and oxygen atoms in total. The largest absolute Gasteiger partial charge is 0.314 e. The highest BCUT2D eigenvalue weighted by atomic mass is 35.5. The maximum atomic E-state index is 12.4. The number of halogens is 1. The zero-order valence-corrected chi connectivity index (χ0v) is 16.1. The molecule has 0 radical (unpaired) electrons. The summed E-state index contributed by atoms with van der Waals surface area (Å²) in [7, 11) is 0. The smallest absolute Gasteiger partial charge is 0.264 e.